The third kappa shape index (κ3) is 65.8. The van der Waals surface area contributed by atoms with Crippen molar-refractivity contribution in [3.05, 3.63) is 158 Å². The Hall–Kier alpha value is -4.97. The van der Waals surface area contributed by atoms with Crippen LogP contribution in [0.4, 0.5) is 0 Å². The molecule has 0 aromatic rings. The van der Waals surface area contributed by atoms with Gasteiger partial charge < -0.3 is 14.2 Å². The molecule has 0 heterocycles. The van der Waals surface area contributed by atoms with Gasteiger partial charge in [-0.25, -0.2) is 0 Å². The molecule has 0 N–H and O–H groups in total. The lowest BCUT2D eigenvalue weighted by atomic mass is 10.1. The van der Waals surface area contributed by atoms with Gasteiger partial charge in [0.2, 0.25) is 0 Å². The Morgan fingerprint density at radius 3 is 0.744 bits per heavy atom. The number of allylic oxidation sites excluding steroid dienone is 26. The van der Waals surface area contributed by atoms with E-state index in [0.29, 0.717) is 19.3 Å². The van der Waals surface area contributed by atoms with Gasteiger partial charge in [0.1, 0.15) is 13.2 Å². The Labute approximate surface area is 505 Å². The number of ether oxygens (including phenoxy) is 3. The zero-order valence-corrected chi connectivity index (χ0v) is 52.9. The molecule has 0 radical (unpaired) electrons. The fraction of sp³-hybridized carbons (Fsp3) is 0.618. The zero-order chi connectivity index (χ0) is 59.2. The number of rotatable bonds is 59. The number of hydrogen-bond donors (Lipinski definition) is 0. The molecule has 0 amide bonds. The first-order valence-electron chi connectivity index (χ1n) is 33.5. The van der Waals surface area contributed by atoms with Crippen LogP contribution in [0, 0.1) is 0 Å². The predicted molar refractivity (Wildman–Crippen MR) is 357 cm³/mol. The molecule has 0 aromatic heterocycles. The summed E-state index contributed by atoms with van der Waals surface area (Å²) >= 11 is 0. The molecule has 0 spiro atoms. The average molecular weight is 1130 g/mol. The molecule has 82 heavy (non-hydrogen) atoms. The van der Waals surface area contributed by atoms with Crippen LogP contribution in [0.5, 0.6) is 0 Å². The molecule has 1 atom stereocenters. The zero-order valence-electron chi connectivity index (χ0n) is 52.9. The van der Waals surface area contributed by atoms with E-state index in [9.17, 15) is 14.4 Å². The first-order chi connectivity index (χ1) is 40.5. The molecule has 0 aliphatic rings. The van der Waals surface area contributed by atoms with Crippen molar-refractivity contribution in [2.24, 2.45) is 0 Å². The third-order valence-corrected chi connectivity index (χ3v) is 13.7. The minimum Gasteiger partial charge on any atom is -0.462 e. The highest BCUT2D eigenvalue weighted by Gasteiger charge is 2.19. The SMILES string of the molecule is CC/C=C\C/C=C\C/C=C\C/C=C\C/C=C\C/C=C\C/C=C\C/C=C\CCCCCCC(=O)OCC(COC(=O)CCCCCCCCC/C=C\C/C=C\C/C=C\CC)OC(=O)CCCCCCCCC/C=C\C/C=C\CCCCCC. The molecule has 462 valence electrons. The summed E-state index contributed by atoms with van der Waals surface area (Å²) in [5, 5.41) is 0. The van der Waals surface area contributed by atoms with Gasteiger partial charge in [-0.2, -0.15) is 0 Å². The Balaban J connectivity index is 4.46. The van der Waals surface area contributed by atoms with Gasteiger partial charge in [0.05, 0.1) is 0 Å². The number of hydrogen-bond acceptors (Lipinski definition) is 6. The molecule has 6 heteroatoms. The topological polar surface area (TPSA) is 78.9 Å². The van der Waals surface area contributed by atoms with Crippen molar-refractivity contribution in [2.75, 3.05) is 13.2 Å². The summed E-state index contributed by atoms with van der Waals surface area (Å²) < 4.78 is 16.9. The van der Waals surface area contributed by atoms with Crippen LogP contribution in [-0.4, -0.2) is 37.2 Å². The fourth-order valence-electron chi connectivity index (χ4n) is 8.80. The first kappa shape index (κ1) is 77.0. The summed E-state index contributed by atoms with van der Waals surface area (Å²) in [6.45, 7) is 6.37. The normalized spacial score (nSPS) is 13.2. The molecule has 0 aliphatic carbocycles. The van der Waals surface area contributed by atoms with E-state index in [1.54, 1.807) is 0 Å². The van der Waals surface area contributed by atoms with Crippen LogP contribution in [0.25, 0.3) is 0 Å². The molecule has 0 aromatic carbocycles. The summed E-state index contributed by atoms with van der Waals surface area (Å²) in [4.78, 5) is 38.4. The van der Waals surface area contributed by atoms with Crippen molar-refractivity contribution >= 4 is 17.9 Å². The predicted octanol–water partition coefficient (Wildman–Crippen LogP) is 23.3. The summed E-state index contributed by atoms with van der Waals surface area (Å²) in [7, 11) is 0. The second-order valence-electron chi connectivity index (χ2n) is 21.6. The lowest BCUT2D eigenvalue weighted by Gasteiger charge is -2.18. The minimum absolute atomic E-state index is 0.101. The summed E-state index contributed by atoms with van der Waals surface area (Å²) in [5.41, 5.74) is 0. The first-order valence-corrected chi connectivity index (χ1v) is 33.5. The second kappa shape index (κ2) is 68.5. The molecule has 0 aliphatic heterocycles. The van der Waals surface area contributed by atoms with Crippen LogP contribution < -0.4 is 0 Å². The molecular formula is C76H122O6. The lowest BCUT2D eigenvalue weighted by molar-refractivity contribution is -0.167. The van der Waals surface area contributed by atoms with Crippen molar-refractivity contribution < 1.29 is 28.6 Å². The van der Waals surface area contributed by atoms with Gasteiger partial charge in [0, 0.05) is 19.3 Å². The van der Waals surface area contributed by atoms with Gasteiger partial charge in [-0.05, 0) is 148 Å². The van der Waals surface area contributed by atoms with E-state index in [1.807, 2.05) is 0 Å². The van der Waals surface area contributed by atoms with Crippen LogP contribution in [0.1, 0.15) is 284 Å². The van der Waals surface area contributed by atoms with E-state index in [-0.39, 0.29) is 31.1 Å². The summed E-state index contributed by atoms with van der Waals surface area (Å²) in [6, 6.07) is 0. The lowest BCUT2D eigenvalue weighted by Crippen LogP contribution is -2.30. The molecule has 6 nitrogen and oxygen atoms in total. The van der Waals surface area contributed by atoms with Gasteiger partial charge in [-0.15, -0.1) is 0 Å². The van der Waals surface area contributed by atoms with Crippen molar-refractivity contribution in [2.45, 2.75) is 290 Å². The number of carbonyl (C=O) groups excluding carboxylic acids is 3. The van der Waals surface area contributed by atoms with Crippen LogP contribution in [-0.2, 0) is 28.6 Å². The van der Waals surface area contributed by atoms with E-state index in [0.717, 1.165) is 161 Å². The van der Waals surface area contributed by atoms with Gasteiger partial charge in [0.15, 0.2) is 6.10 Å². The highest BCUT2D eigenvalue weighted by atomic mass is 16.6. The number of unbranched alkanes of at least 4 members (excludes halogenated alkanes) is 22. The molecule has 0 fully saturated rings. The van der Waals surface area contributed by atoms with Crippen molar-refractivity contribution in [1.29, 1.82) is 0 Å². The van der Waals surface area contributed by atoms with Gasteiger partial charge in [-0.3, -0.25) is 14.4 Å². The Bertz CT molecular complexity index is 1830. The smallest absolute Gasteiger partial charge is 0.306 e. The van der Waals surface area contributed by atoms with Crippen LogP contribution >= 0.6 is 0 Å². The van der Waals surface area contributed by atoms with Gasteiger partial charge in [0.25, 0.3) is 0 Å². The highest BCUT2D eigenvalue weighted by molar-refractivity contribution is 5.71. The fourth-order valence-corrected chi connectivity index (χ4v) is 8.80. The van der Waals surface area contributed by atoms with E-state index in [2.05, 4.69) is 179 Å². The maximum absolute atomic E-state index is 12.9. The third-order valence-electron chi connectivity index (χ3n) is 13.7. The quantitative estimate of drug-likeness (QED) is 0.0261. The monoisotopic (exact) mass is 1130 g/mol. The van der Waals surface area contributed by atoms with E-state index >= 15 is 0 Å². The van der Waals surface area contributed by atoms with Crippen LogP contribution in [0.15, 0.2) is 158 Å². The van der Waals surface area contributed by atoms with E-state index in [4.69, 9.17) is 14.2 Å². The molecule has 0 bridgehead atoms. The molecular weight excluding hydrogens is 1010 g/mol. The Morgan fingerprint density at radius 1 is 0.256 bits per heavy atom. The van der Waals surface area contributed by atoms with E-state index < -0.39 is 6.10 Å². The van der Waals surface area contributed by atoms with Crippen LogP contribution in [0.2, 0.25) is 0 Å². The maximum Gasteiger partial charge on any atom is 0.306 e. The maximum atomic E-state index is 12.9. The summed E-state index contributed by atoms with van der Waals surface area (Å²) in [6.07, 6.45) is 99.6. The van der Waals surface area contributed by atoms with Crippen LogP contribution in [0.3, 0.4) is 0 Å². The molecule has 0 rings (SSSR count). The van der Waals surface area contributed by atoms with Gasteiger partial charge in [-0.1, -0.05) is 275 Å². The number of carbonyl (C=O) groups is 3. The standard InChI is InChI=1S/C76H122O6/c1-4-7-10-13-16-19-22-25-28-31-33-34-35-36-37-38-39-40-41-42-43-46-48-51-54-57-60-63-66-69-75(78)81-72-73(71-80-74(77)68-65-62-59-56-53-50-47-44-30-27-24-21-18-15-12-9-6-3)82-76(79)70-67-64-61-58-55-52-49-45-32-29-26-23-20-17-14-11-8-5-2/h7,9-10,12,16,18-21,23,25,27-30,32-34,36-37,39-40,42-43,48,51,73H,4-6,8,11,13-15,17,22,24,26,31,35,38,41,44-47,49-50,52-72H2,1-3H3/b10-7-,12-9-,19-16-,21-18-,23-20-,28-25-,30-27-,32-29-,34-33-,37-36-,40-39-,43-42-,51-48-. The van der Waals surface area contributed by atoms with E-state index in [1.165, 1.54) is 83.5 Å². The Morgan fingerprint density at radius 2 is 0.476 bits per heavy atom. The molecule has 1 unspecified atom stereocenters. The minimum atomic E-state index is -0.807. The largest absolute Gasteiger partial charge is 0.462 e. The van der Waals surface area contributed by atoms with Crippen molar-refractivity contribution in [3.8, 4) is 0 Å². The van der Waals surface area contributed by atoms with Crippen molar-refractivity contribution in [1.82, 2.24) is 0 Å². The highest BCUT2D eigenvalue weighted by Crippen LogP contribution is 2.15. The average Bonchev–Trinajstić information content (AvgIpc) is 3.47. The number of esters is 3. The molecule has 0 saturated carbocycles. The summed E-state index contributed by atoms with van der Waals surface area (Å²) in [5.74, 6) is -0.943. The Kier molecular flexibility index (Phi) is 64.4. The second-order valence-corrected chi connectivity index (χ2v) is 21.6. The van der Waals surface area contributed by atoms with Gasteiger partial charge >= 0.3 is 17.9 Å². The van der Waals surface area contributed by atoms with Crippen molar-refractivity contribution in [3.63, 3.8) is 0 Å². The molecule has 0 saturated heterocycles.